The molecule has 0 heterocycles. The van der Waals surface area contributed by atoms with Crippen molar-refractivity contribution in [2.24, 2.45) is 0 Å². The van der Waals surface area contributed by atoms with E-state index in [2.05, 4.69) is 29.6 Å². The number of nitrogens with one attached hydrogen (secondary N) is 1. The Labute approximate surface area is 90.0 Å². The molecule has 0 aliphatic carbocycles. The number of hydrogen-bond acceptors (Lipinski definition) is 3. The van der Waals surface area contributed by atoms with Crippen molar-refractivity contribution in [3.05, 3.63) is 29.8 Å². The fourth-order valence-electron chi connectivity index (χ4n) is 1.14. The van der Waals surface area contributed by atoms with Gasteiger partial charge in [-0.2, -0.15) is 0 Å². The molecule has 1 rings (SSSR count). The zero-order chi connectivity index (χ0) is 10.2. The van der Waals surface area contributed by atoms with E-state index >= 15 is 0 Å². The molecule has 1 aromatic rings. The third-order valence-electron chi connectivity index (χ3n) is 1.79. The Morgan fingerprint density at radius 2 is 2.29 bits per heavy atom. The number of ether oxygens (including phenoxy) is 1. The molecule has 0 radical (unpaired) electrons. The molecule has 0 unspecified atom stereocenters. The fraction of sp³-hybridized carbons (Fsp3) is 0.455. The van der Waals surface area contributed by atoms with Crippen LogP contribution in [0.15, 0.2) is 29.2 Å². The molecule has 1 N–H and O–H groups in total. The lowest BCUT2D eigenvalue weighted by Gasteiger charge is -2.04. The minimum Gasteiger partial charge on any atom is -0.371 e. The van der Waals surface area contributed by atoms with Crippen LogP contribution in [0.4, 0.5) is 0 Å². The van der Waals surface area contributed by atoms with E-state index in [9.17, 15) is 0 Å². The van der Waals surface area contributed by atoms with Gasteiger partial charge in [-0.25, -0.2) is 0 Å². The molecule has 0 saturated carbocycles. The van der Waals surface area contributed by atoms with E-state index < -0.39 is 0 Å². The Balaban J connectivity index is 2.46. The maximum Gasteiger partial charge on any atom is 0.0966 e. The van der Waals surface area contributed by atoms with Crippen molar-refractivity contribution in [2.75, 3.05) is 19.6 Å². The third-order valence-corrected chi connectivity index (χ3v) is 2.66. The summed E-state index contributed by atoms with van der Waals surface area (Å²) in [6.45, 7) is 3.71. The summed E-state index contributed by atoms with van der Waals surface area (Å²) < 4.78 is 5.28. The molecule has 78 valence electrons. The van der Waals surface area contributed by atoms with Crippen LogP contribution in [-0.4, -0.2) is 19.6 Å². The number of hydrogen-bond donors (Lipinski definition) is 1. The second-order valence-corrected chi connectivity index (χ2v) is 3.93. The van der Waals surface area contributed by atoms with Crippen molar-refractivity contribution in [3.63, 3.8) is 0 Å². The Morgan fingerprint density at radius 1 is 1.43 bits per heavy atom. The van der Waals surface area contributed by atoms with Crippen LogP contribution < -0.4 is 5.32 Å². The van der Waals surface area contributed by atoms with Gasteiger partial charge in [0.05, 0.1) is 5.94 Å². The zero-order valence-corrected chi connectivity index (χ0v) is 9.56. The van der Waals surface area contributed by atoms with Crippen LogP contribution in [0.5, 0.6) is 0 Å². The first-order valence-electron chi connectivity index (χ1n) is 4.81. The molecular weight excluding hydrogens is 194 g/mol. The van der Waals surface area contributed by atoms with Crippen LogP contribution in [0, 0.1) is 0 Å². The molecule has 1 aromatic carbocycles. The predicted octanol–water partition coefficient (Wildman–Crippen LogP) is 2.49. The Hall–Kier alpha value is -0.510. The van der Waals surface area contributed by atoms with E-state index in [0.717, 1.165) is 19.1 Å². The van der Waals surface area contributed by atoms with Crippen LogP contribution in [0.25, 0.3) is 0 Å². The van der Waals surface area contributed by atoms with Gasteiger partial charge in [0.15, 0.2) is 0 Å². The lowest BCUT2D eigenvalue weighted by molar-refractivity contribution is 0.199. The molecule has 0 fully saturated rings. The van der Waals surface area contributed by atoms with Gasteiger partial charge in [0, 0.05) is 18.0 Å². The number of benzene rings is 1. The minimum atomic E-state index is 0.736. The molecule has 0 saturated heterocycles. The van der Waals surface area contributed by atoms with E-state index in [1.54, 1.807) is 11.8 Å². The van der Waals surface area contributed by atoms with Gasteiger partial charge < -0.3 is 10.1 Å². The highest BCUT2D eigenvalue weighted by atomic mass is 32.2. The summed E-state index contributed by atoms with van der Waals surface area (Å²) in [5.74, 6) is 0.736. The van der Waals surface area contributed by atoms with Crippen LogP contribution in [0.2, 0.25) is 0 Å². The lowest BCUT2D eigenvalue weighted by atomic mass is 10.2. The summed E-state index contributed by atoms with van der Waals surface area (Å²) in [6, 6.07) is 8.52. The van der Waals surface area contributed by atoms with Gasteiger partial charge in [-0.05, 0) is 31.7 Å². The average molecular weight is 211 g/mol. The maximum absolute atomic E-state index is 5.28. The molecule has 0 spiro atoms. The maximum atomic E-state index is 5.28. The standard InChI is InChI=1S/C11H17NOS/c1-3-13-9-14-11-6-4-5-10(7-11)8-12-2/h4-7,12H,3,8-9H2,1-2H3. The first kappa shape index (κ1) is 11.6. The van der Waals surface area contributed by atoms with Gasteiger partial charge in [0.25, 0.3) is 0 Å². The molecule has 2 nitrogen and oxygen atoms in total. The van der Waals surface area contributed by atoms with Gasteiger partial charge >= 0.3 is 0 Å². The number of thioether (sulfide) groups is 1. The highest BCUT2D eigenvalue weighted by Crippen LogP contribution is 2.18. The normalized spacial score (nSPS) is 10.4. The quantitative estimate of drug-likeness (QED) is 0.444. The molecule has 0 aromatic heterocycles. The second kappa shape index (κ2) is 6.87. The van der Waals surface area contributed by atoms with Gasteiger partial charge in [-0.15, -0.1) is 0 Å². The second-order valence-electron chi connectivity index (χ2n) is 2.93. The summed E-state index contributed by atoms with van der Waals surface area (Å²) in [5.41, 5.74) is 1.31. The fourth-order valence-corrected chi connectivity index (χ4v) is 1.94. The van der Waals surface area contributed by atoms with Crippen LogP contribution >= 0.6 is 11.8 Å². The Kier molecular flexibility index (Phi) is 5.68. The van der Waals surface area contributed by atoms with E-state index in [0.29, 0.717) is 0 Å². The molecule has 0 bridgehead atoms. The van der Waals surface area contributed by atoms with E-state index in [4.69, 9.17) is 4.74 Å². The summed E-state index contributed by atoms with van der Waals surface area (Å²) in [7, 11) is 1.96. The molecule has 3 heteroatoms. The number of rotatable bonds is 6. The van der Waals surface area contributed by atoms with E-state index in [1.165, 1.54) is 10.5 Å². The summed E-state index contributed by atoms with van der Waals surface area (Å²) >= 11 is 1.74. The largest absolute Gasteiger partial charge is 0.371 e. The monoisotopic (exact) mass is 211 g/mol. The van der Waals surface area contributed by atoms with Crippen molar-refractivity contribution in [3.8, 4) is 0 Å². The summed E-state index contributed by atoms with van der Waals surface area (Å²) in [6.07, 6.45) is 0. The first-order chi connectivity index (χ1) is 6.86. The zero-order valence-electron chi connectivity index (χ0n) is 8.75. The van der Waals surface area contributed by atoms with Crippen LogP contribution in [-0.2, 0) is 11.3 Å². The molecule has 0 aliphatic rings. The van der Waals surface area contributed by atoms with Crippen LogP contribution in [0.3, 0.4) is 0 Å². The van der Waals surface area contributed by atoms with Crippen LogP contribution in [0.1, 0.15) is 12.5 Å². The van der Waals surface area contributed by atoms with E-state index in [-0.39, 0.29) is 0 Å². The first-order valence-corrected chi connectivity index (χ1v) is 5.79. The molecule has 0 atom stereocenters. The van der Waals surface area contributed by atoms with Gasteiger partial charge in [-0.1, -0.05) is 23.9 Å². The predicted molar refractivity (Wildman–Crippen MR) is 61.6 cm³/mol. The van der Waals surface area contributed by atoms with Gasteiger partial charge in [0.2, 0.25) is 0 Å². The highest BCUT2D eigenvalue weighted by Gasteiger charge is 1.95. The molecule has 14 heavy (non-hydrogen) atoms. The highest BCUT2D eigenvalue weighted by molar-refractivity contribution is 7.99. The average Bonchev–Trinajstić information content (AvgIpc) is 2.19. The summed E-state index contributed by atoms with van der Waals surface area (Å²) in [4.78, 5) is 1.27. The molecule has 0 amide bonds. The van der Waals surface area contributed by atoms with Crippen molar-refractivity contribution in [2.45, 2.75) is 18.4 Å². The van der Waals surface area contributed by atoms with Gasteiger partial charge in [-0.3, -0.25) is 0 Å². The molecular formula is C11H17NOS. The topological polar surface area (TPSA) is 21.3 Å². The SMILES string of the molecule is CCOCSc1cccc(CNC)c1. The van der Waals surface area contributed by atoms with Crippen molar-refractivity contribution in [1.82, 2.24) is 5.32 Å². The van der Waals surface area contributed by atoms with Gasteiger partial charge in [0.1, 0.15) is 0 Å². The summed E-state index contributed by atoms with van der Waals surface area (Å²) in [5, 5.41) is 3.14. The smallest absolute Gasteiger partial charge is 0.0966 e. The minimum absolute atomic E-state index is 0.736. The third kappa shape index (κ3) is 4.13. The Bertz CT molecular complexity index is 265. The lowest BCUT2D eigenvalue weighted by Crippen LogP contribution is -2.04. The Morgan fingerprint density at radius 3 is 3.00 bits per heavy atom. The van der Waals surface area contributed by atoms with Crippen molar-refractivity contribution < 1.29 is 4.74 Å². The molecule has 0 aliphatic heterocycles. The van der Waals surface area contributed by atoms with Crippen molar-refractivity contribution >= 4 is 11.8 Å². The van der Waals surface area contributed by atoms with E-state index in [1.807, 2.05) is 14.0 Å². The van der Waals surface area contributed by atoms with Crippen molar-refractivity contribution in [1.29, 1.82) is 0 Å².